The summed E-state index contributed by atoms with van der Waals surface area (Å²) in [6.07, 6.45) is 2.81. The third-order valence-corrected chi connectivity index (χ3v) is 4.98. The molecule has 1 aliphatic rings. The van der Waals surface area contributed by atoms with Crippen LogP contribution in [0.3, 0.4) is 0 Å². The van der Waals surface area contributed by atoms with Crippen molar-refractivity contribution in [1.29, 1.82) is 0 Å². The highest BCUT2D eigenvalue weighted by molar-refractivity contribution is 7.89. The Morgan fingerprint density at radius 3 is 2.78 bits per heavy atom. The molecule has 0 spiro atoms. The molecule has 2 heterocycles. The van der Waals surface area contributed by atoms with Crippen LogP contribution in [0.15, 0.2) is 41.1 Å². The number of carbonyl (C=O) groups is 1. The van der Waals surface area contributed by atoms with E-state index in [1.54, 1.807) is 38.1 Å². The number of benzene rings is 1. The van der Waals surface area contributed by atoms with Crippen LogP contribution >= 0.6 is 0 Å². The van der Waals surface area contributed by atoms with E-state index in [1.165, 1.54) is 12.4 Å². The molecule has 3 rings (SSSR count). The number of carbonyl (C=O) groups excluding carboxylic acids is 1. The molecule has 142 valence electrons. The van der Waals surface area contributed by atoms with Crippen molar-refractivity contribution in [3.8, 4) is 5.75 Å². The van der Waals surface area contributed by atoms with Crippen molar-refractivity contribution in [2.75, 3.05) is 6.61 Å². The van der Waals surface area contributed by atoms with Crippen molar-refractivity contribution in [3.05, 3.63) is 53.3 Å². The highest BCUT2D eigenvalue weighted by Crippen LogP contribution is 2.28. The lowest BCUT2D eigenvalue weighted by atomic mass is 10.0. The summed E-state index contributed by atoms with van der Waals surface area (Å²) < 4.78 is 32.9. The summed E-state index contributed by atoms with van der Waals surface area (Å²) >= 11 is 0. The monoisotopic (exact) mass is 389 g/mol. The van der Waals surface area contributed by atoms with Gasteiger partial charge in [0.2, 0.25) is 0 Å². The van der Waals surface area contributed by atoms with E-state index in [2.05, 4.69) is 19.9 Å². The van der Waals surface area contributed by atoms with Gasteiger partial charge in [-0.3, -0.25) is 4.79 Å². The van der Waals surface area contributed by atoms with Crippen molar-refractivity contribution in [1.82, 2.24) is 15.5 Å². The SMILES string of the molecule is CC(C)(COc1cccc2c1C(N)=NS(=O)(=O)C2)NC(=O)c1ccnnc1. The Hall–Kier alpha value is -3.01. The molecule has 2 aromatic rings. The lowest BCUT2D eigenvalue weighted by Gasteiger charge is -2.27. The average molecular weight is 389 g/mol. The molecule has 1 amide bonds. The van der Waals surface area contributed by atoms with Crippen LogP contribution in [0.25, 0.3) is 0 Å². The minimum Gasteiger partial charge on any atom is -0.490 e. The molecule has 0 bridgehead atoms. The molecule has 0 radical (unpaired) electrons. The van der Waals surface area contributed by atoms with Gasteiger partial charge in [0.25, 0.3) is 15.9 Å². The molecule has 0 atom stereocenters. The van der Waals surface area contributed by atoms with Crippen molar-refractivity contribution < 1.29 is 17.9 Å². The van der Waals surface area contributed by atoms with Gasteiger partial charge < -0.3 is 15.8 Å². The number of amidine groups is 1. The molecule has 0 aliphatic carbocycles. The van der Waals surface area contributed by atoms with Gasteiger partial charge in [0.05, 0.1) is 34.8 Å². The van der Waals surface area contributed by atoms with Gasteiger partial charge in [-0.05, 0) is 31.5 Å². The molecule has 1 aliphatic heterocycles. The maximum absolute atomic E-state index is 12.3. The number of hydrogen-bond acceptors (Lipinski definition) is 7. The van der Waals surface area contributed by atoms with E-state index in [9.17, 15) is 13.2 Å². The van der Waals surface area contributed by atoms with Gasteiger partial charge >= 0.3 is 0 Å². The third kappa shape index (κ3) is 4.40. The largest absolute Gasteiger partial charge is 0.490 e. The average Bonchev–Trinajstić information content (AvgIpc) is 2.59. The van der Waals surface area contributed by atoms with Gasteiger partial charge in [0.1, 0.15) is 18.2 Å². The number of nitrogens with two attached hydrogens (primary N) is 1. The van der Waals surface area contributed by atoms with Crippen LogP contribution in [0.5, 0.6) is 5.75 Å². The van der Waals surface area contributed by atoms with Gasteiger partial charge in [-0.2, -0.15) is 10.2 Å². The molecule has 0 unspecified atom stereocenters. The molecule has 1 aromatic heterocycles. The third-order valence-electron chi connectivity index (χ3n) is 3.83. The molecule has 27 heavy (non-hydrogen) atoms. The van der Waals surface area contributed by atoms with Gasteiger partial charge in [0.15, 0.2) is 0 Å². The second kappa shape index (κ2) is 6.95. The first-order valence-electron chi connectivity index (χ1n) is 8.09. The van der Waals surface area contributed by atoms with E-state index < -0.39 is 15.6 Å². The zero-order chi connectivity index (χ0) is 19.7. The van der Waals surface area contributed by atoms with E-state index in [-0.39, 0.29) is 24.1 Å². The van der Waals surface area contributed by atoms with Gasteiger partial charge in [-0.1, -0.05) is 12.1 Å². The Balaban J connectivity index is 1.75. The summed E-state index contributed by atoms with van der Waals surface area (Å²) in [6, 6.07) is 6.61. The number of hydrogen-bond donors (Lipinski definition) is 2. The van der Waals surface area contributed by atoms with Gasteiger partial charge in [0, 0.05) is 0 Å². The first kappa shape index (κ1) is 18.8. The quantitative estimate of drug-likeness (QED) is 0.764. The number of aromatic nitrogens is 2. The predicted molar refractivity (Wildman–Crippen MR) is 98.9 cm³/mol. The van der Waals surface area contributed by atoms with Crippen LogP contribution in [0, 0.1) is 0 Å². The second-order valence-corrected chi connectivity index (χ2v) is 8.39. The Bertz CT molecular complexity index is 1000. The van der Waals surface area contributed by atoms with E-state index >= 15 is 0 Å². The molecular weight excluding hydrogens is 370 g/mol. The summed E-state index contributed by atoms with van der Waals surface area (Å²) in [6.45, 7) is 3.74. The summed E-state index contributed by atoms with van der Waals surface area (Å²) in [4.78, 5) is 12.3. The smallest absolute Gasteiger partial charge is 0.259 e. The summed E-state index contributed by atoms with van der Waals surface area (Å²) in [5.74, 6) is -0.219. The van der Waals surface area contributed by atoms with Crippen molar-refractivity contribution in [3.63, 3.8) is 0 Å². The Kier molecular flexibility index (Phi) is 4.83. The molecule has 10 heteroatoms. The van der Waals surface area contributed by atoms with Crippen molar-refractivity contribution >= 4 is 21.8 Å². The van der Waals surface area contributed by atoms with E-state index in [0.29, 0.717) is 22.4 Å². The predicted octanol–water partition coefficient (Wildman–Crippen LogP) is 0.613. The molecule has 0 fully saturated rings. The van der Waals surface area contributed by atoms with E-state index in [1.807, 2.05) is 0 Å². The minimum atomic E-state index is -3.61. The number of nitrogens with zero attached hydrogens (tertiary/aromatic N) is 3. The molecule has 9 nitrogen and oxygen atoms in total. The van der Waals surface area contributed by atoms with Crippen LogP contribution in [-0.4, -0.2) is 42.5 Å². The molecule has 0 saturated heterocycles. The first-order valence-corrected chi connectivity index (χ1v) is 9.70. The molecular formula is C17H19N5O4S. The van der Waals surface area contributed by atoms with Crippen molar-refractivity contribution in [2.24, 2.45) is 10.1 Å². The van der Waals surface area contributed by atoms with Gasteiger partial charge in [-0.15, -0.1) is 4.40 Å². The molecule has 3 N–H and O–H groups in total. The van der Waals surface area contributed by atoms with E-state index in [4.69, 9.17) is 10.5 Å². The normalized spacial score (nSPS) is 15.4. The maximum Gasteiger partial charge on any atom is 0.259 e. The minimum absolute atomic E-state index is 0.100. The number of nitrogens with one attached hydrogen (secondary N) is 1. The first-order chi connectivity index (χ1) is 12.7. The van der Waals surface area contributed by atoms with E-state index in [0.717, 1.165) is 0 Å². The van der Waals surface area contributed by atoms with Crippen LogP contribution < -0.4 is 15.8 Å². The zero-order valence-corrected chi connectivity index (χ0v) is 15.7. The second-order valence-electron chi connectivity index (χ2n) is 6.75. The number of fused-ring (bicyclic) bond motifs is 1. The Morgan fingerprint density at radius 2 is 2.07 bits per heavy atom. The number of amides is 1. The lowest BCUT2D eigenvalue weighted by Crippen LogP contribution is -2.48. The number of rotatable bonds is 5. The Labute approximate surface area is 156 Å². The molecule has 1 aromatic carbocycles. The van der Waals surface area contributed by atoms with Crippen molar-refractivity contribution in [2.45, 2.75) is 25.1 Å². The lowest BCUT2D eigenvalue weighted by molar-refractivity contribution is 0.0880. The molecule has 0 saturated carbocycles. The van der Waals surface area contributed by atoms with Crippen LogP contribution in [0.4, 0.5) is 0 Å². The van der Waals surface area contributed by atoms with Gasteiger partial charge in [-0.25, -0.2) is 8.42 Å². The van der Waals surface area contributed by atoms with Crippen LogP contribution in [-0.2, 0) is 15.8 Å². The van der Waals surface area contributed by atoms with Crippen LogP contribution in [0.2, 0.25) is 0 Å². The summed E-state index contributed by atoms with van der Waals surface area (Å²) in [5, 5.41) is 10.2. The summed E-state index contributed by atoms with van der Waals surface area (Å²) in [7, 11) is -3.61. The fourth-order valence-corrected chi connectivity index (χ4v) is 3.72. The number of sulfonamides is 1. The zero-order valence-electron chi connectivity index (χ0n) is 14.8. The maximum atomic E-state index is 12.3. The fraction of sp³-hybridized carbons (Fsp3) is 0.294. The van der Waals surface area contributed by atoms with Crippen LogP contribution in [0.1, 0.15) is 35.3 Å². The fourth-order valence-electron chi connectivity index (χ4n) is 2.63. The summed E-state index contributed by atoms with van der Waals surface area (Å²) in [5.41, 5.74) is 6.50. The number of ether oxygens (including phenoxy) is 1. The highest BCUT2D eigenvalue weighted by Gasteiger charge is 2.27. The highest BCUT2D eigenvalue weighted by atomic mass is 32.2. The Morgan fingerprint density at radius 1 is 1.30 bits per heavy atom. The topological polar surface area (TPSA) is 137 Å². The standard InChI is InChI=1S/C17H19N5O4S/c1-17(2,21-16(23)11-6-7-19-20-8-11)10-26-13-5-3-4-12-9-27(24,25)22-15(18)14(12)13/h3-8H,9-10H2,1-2H3,(H2,18,22)(H,21,23).